The van der Waals surface area contributed by atoms with Crippen LogP contribution in [-0.2, 0) is 4.74 Å². The van der Waals surface area contributed by atoms with Crippen molar-refractivity contribution in [2.45, 2.75) is 13.8 Å². The minimum atomic E-state index is -0.706. The number of fused-ring (bicyclic) bond motifs is 1. The van der Waals surface area contributed by atoms with E-state index in [9.17, 15) is 14.9 Å². The van der Waals surface area contributed by atoms with Crippen LogP contribution in [-0.4, -0.2) is 22.4 Å². The maximum absolute atomic E-state index is 13.4. The number of nitrogens with zero attached hydrogens (tertiary/aromatic N) is 3. The van der Waals surface area contributed by atoms with Crippen LogP contribution in [0.1, 0.15) is 28.5 Å². The van der Waals surface area contributed by atoms with Gasteiger partial charge in [0.2, 0.25) is 0 Å². The summed E-state index contributed by atoms with van der Waals surface area (Å²) in [5.41, 5.74) is 7.50. The highest BCUT2D eigenvalue weighted by molar-refractivity contribution is 6.09. The second-order valence-electron chi connectivity index (χ2n) is 6.85. The lowest BCUT2D eigenvalue weighted by molar-refractivity contribution is 0.0520. The summed E-state index contributed by atoms with van der Waals surface area (Å²) in [6, 6.07) is 13.9. The van der Waals surface area contributed by atoms with Crippen LogP contribution in [0.4, 0.5) is 5.69 Å². The highest BCUT2D eigenvalue weighted by atomic mass is 16.5. The largest absolute Gasteiger partial charge is 0.464 e. The fraction of sp³-hybridized carbons (Fsp3) is 0.130. The predicted octanol–water partition coefficient (Wildman–Crippen LogP) is 3.58. The molecule has 2 aromatic carbocycles. The van der Waals surface area contributed by atoms with Crippen molar-refractivity contribution in [3.63, 3.8) is 0 Å². The number of aryl methyl sites for hydroxylation is 1. The molecule has 0 fully saturated rings. The standard InChI is InChI=1S/C23H18N4O4/c1-3-30-23(29)21-16-11-15(18-5-4-10-31-18)17(12-24)20(25)19(16)22(28)27(26-21)14-8-6-13(2)7-9-14/h4-11H,3,25H2,1-2H3. The van der Waals surface area contributed by atoms with Gasteiger partial charge in [-0.1, -0.05) is 17.7 Å². The first kappa shape index (κ1) is 19.9. The summed E-state index contributed by atoms with van der Waals surface area (Å²) in [6.07, 6.45) is 1.46. The quantitative estimate of drug-likeness (QED) is 0.400. The molecule has 31 heavy (non-hydrogen) atoms. The number of aromatic nitrogens is 2. The molecule has 0 radical (unpaired) electrons. The van der Waals surface area contributed by atoms with Crippen LogP contribution >= 0.6 is 0 Å². The minimum Gasteiger partial charge on any atom is -0.464 e. The number of nitriles is 1. The monoisotopic (exact) mass is 414 g/mol. The van der Waals surface area contributed by atoms with Gasteiger partial charge in [0.25, 0.3) is 5.56 Å². The number of esters is 1. The molecule has 0 aliphatic heterocycles. The summed E-state index contributed by atoms with van der Waals surface area (Å²) in [5, 5.41) is 14.2. The van der Waals surface area contributed by atoms with E-state index in [1.54, 1.807) is 31.2 Å². The van der Waals surface area contributed by atoms with Gasteiger partial charge in [-0.15, -0.1) is 0 Å². The van der Waals surface area contributed by atoms with Crippen LogP contribution < -0.4 is 11.3 Å². The van der Waals surface area contributed by atoms with Gasteiger partial charge in [-0.05, 0) is 44.2 Å². The fourth-order valence-electron chi connectivity index (χ4n) is 3.38. The van der Waals surface area contributed by atoms with Gasteiger partial charge in [0.05, 0.1) is 35.2 Å². The van der Waals surface area contributed by atoms with Crippen molar-refractivity contribution in [2.24, 2.45) is 0 Å². The predicted molar refractivity (Wildman–Crippen MR) is 115 cm³/mol. The number of furan rings is 1. The Bertz CT molecular complexity index is 1400. The minimum absolute atomic E-state index is 0.0190. The number of nitrogen functional groups attached to an aromatic ring is 1. The average Bonchev–Trinajstić information content (AvgIpc) is 3.29. The molecule has 4 rings (SSSR count). The molecular weight excluding hydrogens is 396 g/mol. The van der Waals surface area contributed by atoms with Crippen LogP contribution in [0.25, 0.3) is 27.8 Å². The maximum Gasteiger partial charge on any atom is 0.359 e. The third-order valence-electron chi connectivity index (χ3n) is 4.87. The van der Waals surface area contributed by atoms with Gasteiger partial charge in [-0.25, -0.2) is 4.79 Å². The molecular formula is C23H18N4O4. The fourth-order valence-corrected chi connectivity index (χ4v) is 3.38. The average molecular weight is 414 g/mol. The molecule has 0 amide bonds. The van der Waals surface area contributed by atoms with Crippen molar-refractivity contribution in [3.8, 4) is 23.1 Å². The van der Waals surface area contributed by atoms with E-state index in [2.05, 4.69) is 5.10 Å². The normalized spacial score (nSPS) is 10.7. The number of hydrogen-bond acceptors (Lipinski definition) is 7. The third-order valence-corrected chi connectivity index (χ3v) is 4.87. The van der Waals surface area contributed by atoms with E-state index in [0.29, 0.717) is 17.0 Å². The van der Waals surface area contributed by atoms with Crippen LogP contribution in [0.5, 0.6) is 0 Å². The lowest BCUT2D eigenvalue weighted by Gasteiger charge is -2.14. The van der Waals surface area contributed by atoms with Gasteiger partial charge in [0.15, 0.2) is 5.69 Å². The molecule has 154 valence electrons. The second-order valence-corrected chi connectivity index (χ2v) is 6.85. The summed E-state index contributed by atoms with van der Waals surface area (Å²) in [5.74, 6) is -0.328. The Morgan fingerprint density at radius 1 is 1.29 bits per heavy atom. The van der Waals surface area contributed by atoms with Gasteiger partial charge >= 0.3 is 5.97 Å². The van der Waals surface area contributed by atoms with E-state index in [4.69, 9.17) is 14.9 Å². The number of benzene rings is 2. The zero-order chi connectivity index (χ0) is 22.1. The van der Waals surface area contributed by atoms with Gasteiger partial charge in [0, 0.05) is 10.9 Å². The molecule has 0 aliphatic carbocycles. The summed E-state index contributed by atoms with van der Waals surface area (Å²) in [6.45, 7) is 3.72. The van der Waals surface area contributed by atoms with Gasteiger partial charge in [0.1, 0.15) is 11.8 Å². The second kappa shape index (κ2) is 7.80. The number of carbonyl (C=O) groups excluding carboxylic acids is 1. The molecule has 0 saturated carbocycles. The maximum atomic E-state index is 13.4. The summed E-state index contributed by atoms with van der Waals surface area (Å²) < 4.78 is 11.7. The molecule has 0 saturated heterocycles. The first-order valence-electron chi connectivity index (χ1n) is 9.54. The molecule has 8 heteroatoms. The number of anilines is 1. The number of ether oxygens (including phenoxy) is 1. The Kier molecular flexibility index (Phi) is 5.01. The van der Waals surface area contributed by atoms with Crippen LogP contribution in [0, 0.1) is 18.3 Å². The molecule has 2 N–H and O–H groups in total. The Morgan fingerprint density at radius 3 is 2.65 bits per heavy atom. The van der Waals surface area contributed by atoms with Gasteiger partial charge in [-0.2, -0.15) is 15.0 Å². The van der Waals surface area contributed by atoms with E-state index >= 15 is 0 Å². The van der Waals surface area contributed by atoms with Crippen molar-refractivity contribution in [2.75, 3.05) is 12.3 Å². The molecule has 0 bridgehead atoms. The van der Waals surface area contributed by atoms with Crippen LogP contribution in [0.3, 0.4) is 0 Å². The Balaban J connectivity index is 2.14. The Hall–Kier alpha value is -4.38. The lowest BCUT2D eigenvalue weighted by Crippen LogP contribution is -2.26. The smallest absolute Gasteiger partial charge is 0.359 e. The summed E-state index contributed by atoms with van der Waals surface area (Å²) >= 11 is 0. The number of carbonyl (C=O) groups is 1. The van der Waals surface area contributed by atoms with Crippen molar-refractivity contribution >= 4 is 22.4 Å². The van der Waals surface area contributed by atoms with Crippen LogP contribution in [0.15, 0.2) is 57.9 Å². The summed E-state index contributed by atoms with van der Waals surface area (Å²) in [7, 11) is 0. The molecule has 0 unspecified atom stereocenters. The van der Waals surface area contributed by atoms with Crippen LogP contribution in [0.2, 0.25) is 0 Å². The molecule has 0 spiro atoms. The SMILES string of the molecule is CCOC(=O)c1nn(-c2ccc(C)cc2)c(=O)c2c(N)c(C#N)c(-c3ccco3)cc12. The van der Waals surface area contributed by atoms with Gasteiger partial charge in [-0.3, -0.25) is 4.79 Å². The van der Waals surface area contributed by atoms with Crippen molar-refractivity contribution < 1.29 is 13.9 Å². The molecule has 4 aromatic rings. The first-order valence-corrected chi connectivity index (χ1v) is 9.54. The van der Waals surface area contributed by atoms with E-state index in [0.717, 1.165) is 10.2 Å². The highest BCUT2D eigenvalue weighted by Gasteiger charge is 2.24. The summed E-state index contributed by atoms with van der Waals surface area (Å²) in [4.78, 5) is 26.1. The Morgan fingerprint density at radius 2 is 2.03 bits per heavy atom. The van der Waals surface area contributed by atoms with Crippen molar-refractivity contribution in [1.82, 2.24) is 9.78 Å². The van der Waals surface area contributed by atoms with E-state index in [1.807, 2.05) is 25.1 Å². The molecule has 0 aliphatic rings. The third kappa shape index (κ3) is 3.32. The molecule has 2 aromatic heterocycles. The number of nitrogens with two attached hydrogens (primary N) is 1. The number of hydrogen-bond donors (Lipinski definition) is 1. The van der Waals surface area contributed by atoms with Gasteiger partial charge < -0.3 is 14.9 Å². The van der Waals surface area contributed by atoms with E-state index in [1.165, 1.54) is 12.3 Å². The van der Waals surface area contributed by atoms with Crippen molar-refractivity contribution in [3.05, 3.63) is 75.9 Å². The Labute approximate surface area is 177 Å². The van der Waals surface area contributed by atoms with Crippen molar-refractivity contribution in [1.29, 1.82) is 5.26 Å². The number of rotatable bonds is 4. The molecule has 2 heterocycles. The van der Waals surface area contributed by atoms with E-state index in [-0.39, 0.29) is 34.3 Å². The zero-order valence-electron chi connectivity index (χ0n) is 16.9. The molecule has 0 atom stereocenters. The molecule has 8 nitrogen and oxygen atoms in total. The first-order chi connectivity index (χ1) is 15.0. The van der Waals surface area contributed by atoms with E-state index < -0.39 is 11.5 Å². The zero-order valence-corrected chi connectivity index (χ0v) is 16.9. The highest BCUT2D eigenvalue weighted by Crippen LogP contribution is 2.34. The lowest BCUT2D eigenvalue weighted by atomic mass is 9.97. The topological polar surface area (TPSA) is 124 Å².